The second kappa shape index (κ2) is 5.39. The van der Waals surface area contributed by atoms with Gasteiger partial charge in [-0.25, -0.2) is 9.50 Å². The first-order valence-corrected chi connectivity index (χ1v) is 9.10. The summed E-state index contributed by atoms with van der Waals surface area (Å²) in [5.41, 5.74) is 1.76. The minimum atomic E-state index is -0.916. The van der Waals surface area contributed by atoms with Crippen LogP contribution in [0.4, 0.5) is 5.82 Å². The van der Waals surface area contributed by atoms with Crippen LogP contribution in [0.2, 0.25) is 0 Å². The van der Waals surface area contributed by atoms with Gasteiger partial charge in [0, 0.05) is 43.0 Å². The monoisotopic (exact) mass is 361 g/mol. The molecule has 1 saturated carbocycles. The van der Waals surface area contributed by atoms with E-state index in [1.165, 1.54) is 6.33 Å². The topological polar surface area (TPSA) is 92.1 Å². The van der Waals surface area contributed by atoms with Crippen LogP contribution in [0.3, 0.4) is 0 Å². The van der Waals surface area contributed by atoms with E-state index in [1.54, 1.807) is 20.3 Å². The number of aromatic nitrogens is 5. The molecule has 1 aliphatic heterocycles. The van der Waals surface area contributed by atoms with Gasteiger partial charge in [-0.15, -0.1) is 0 Å². The molecule has 1 saturated heterocycles. The van der Waals surface area contributed by atoms with Gasteiger partial charge in [-0.2, -0.15) is 15.5 Å². The van der Waals surface area contributed by atoms with E-state index in [1.807, 2.05) is 32.4 Å². The Balaban J connectivity index is 1.60. The molecule has 1 amide bonds. The molecule has 4 heterocycles. The van der Waals surface area contributed by atoms with Crippen LogP contribution in [-0.2, 0) is 11.8 Å². The average Bonchev–Trinajstić information content (AvgIpc) is 3.16. The predicted molar refractivity (Wildman–Crippen MR) is 97.5 cm³/mol. The molecule has 3 aromatic rings. The second-order valence-electron chi connectivity index (χ2n) is 7.62. The molecule has 0 N–H and O–H groups in total. The highest BCUT2D eigenvalue weighted by molar-refractivity contribution is 6.04. The van der Waals surface area contributed by atoms with E-state index >= 15 is 0 Å². The molecule has 136 valence electrons. The molecule has 3 aromatic heterocycles. The van der Waals surface area contributed by atoms with Gasteiger partial charge < -0.3 is 0 Å². The van der Waals surface area contributed by atoms with Gasteiger partial charge >= 0.3 is 0 Å². The van der Waals surface area contributed by atoms with Gasteiger partial charge in [0.15, 0.2) is 5.82 Å². The zero-order valence-electron chi connectivity index (χ0n) is 15.2. The lowest BCUT2D eigenvalue weighted by Crippen LogP contribution is -2.37. The average molecular weight is 361 g/mol. The summed E-state index contributed by atoms with van der Waals surface area (Å²) in [5.74, 6) is 0.593. The van der Waals surface area contributed by atoms with Crippen LogP contribution < -0.4 is 4.90 Å². The molecule has 2 fully saturated rings. The molecule has 8 heteroatoms. The first kappa shape index (κ1) is 16.0. The number of fused-ring (bicyclic) bond motifs is 1. The van der Waals surface area contributed by atoms with Crippen molar-refractivity contribution in [2.45, 2.75) is 19.8 Å². The van der Waals surface area contributed by atoms with Crippen LogP contribution in [-0.4, -0.2) is 36.8 Å². The summed E-state index contributed by atoms with van der Waals surface area (Å²) in [6, 6.07) is 4.33. The second-order valence-corrected chi connectivity index (χ2v) is 7.62. The molecule has 2 atom stereocenters. The third-order valence-electron chi connectivity index (χ3n) is 5.92. The first-order chi connectivity index (χ1) is 13.0. The summed E-state index contributed by atoms with van der Waals surface area (Å²) in [4.78, 5) is 19.4. The van der Waals surface area contributed by atoms with Gasteiger partial charge in [0.05, 0.1) is 12.3 Å². The number of carbonyl (C=O) groups is 1. The van der Waals surface area contributed by atoms with Crippen LogP contribution in [0.5, 0.6) is 0 Å². The number of hydrogen-bond donors (Lipinski definition) is 0. The van der Waals surface area contributed by atoms with Crippen LogP contribution in [0, 0.1) is 28.6 Å². The Bertz CT molecular complexity index is 1100. The summed E-state index contributed by atoms with van der Waals surface area (Å²) in [5, 5.41) is 18.4. The van der Waals surface area contributed by atoms with Gasteiger partial charge in [0.1, 0.15) is 17.3 Å². The maximum Gasteiger partial charge on any atom is 0.249 e. The lowest BCUT2D eigenvalue weighted by Gasteiger charge is -2.22. The Morgan fingerprint density at radius 2 is 2.07 bits per heavy atom. The number of rotatable bonds is 3. The largest absolute Gasteiger partial charge is 0.293 e. The van der Waals surface area contributed by atoms with Crippen LogP contribution in [0.1, 0.15) is 19.8 Å². The van der Waals surface area contributed by atoms with Crippen molar-refractivity contribution in [2.75, 3.05) is 11.4 Å². The van der Waals surface area contributed by atoms with Crippen molar-refractivity contribution in [3.63, 3.8) is 0 Å². The third kappa shape index (κ3) is 2.14. The Labute approximate surface area is 156 Å². The molecular weight excluding hydrogens is 342 g/mol. The first-order valence-electron chi connectivity index (χ1n) is 9.10. The zero-order chi connectivity index (χ0) is 18.8. The van der Waals surface area contributed by atoms with Crippen molar-refractivity contribution in [2.24, 2.45) is 24.3 Å². The summed E-state index contributed by atoms with van der Waals surface area (Å²) in [7, 11) is 1.87. The van der Waals surface area contributed by atoms with Crippen LogP contribution in [0.25, 0.3) is 16.6 Å². The Kier molecular flexibility index (Phi) is 3.20. The summed E-state index contributed by atoms with van der Waals surface area (Å²) >= 11 is 0. The third-order valence-corrected chi connectivity index (χ3v) is 5.92. The normalized spacial score (nSPS) is 25.3. The van der Waals surface area contributed by atoms with E-state index in [0.29, 0.717) is 12.4 Å². The van der Waals surface area contributed by atoms with E-state index in [-0.39, 0.29) is 17.7 Å². The minimum absolute atomic E-state index is 0.0229. The van der Waals surface area contributed by atoms with Gasteiger partial charge in [0.25, 0.3) is 0 Å². The molecule has 0 aromatic carbocycles. The lowest BCUT2D eigenvalue weighted by atomic mass is 9.75. The van der Waals surface area contributed by atoms with Crippen molar-refractivity contribution in [1.82, 2.24) is 24.4 Å². The number of hydrogen-bond acceptors (Lipinski definition) is 5. The van der Waals surface area contributed by atoms with Crippen molar-refractivity contribution < 1.29 is 4.79 Å². The molecule has 1 aliphatic carbocycles. The molecule has 0 radical (unpaired) electrons. The van der Waals surface area contributed by atoms with Gasteiger partial charge in [-0.05, 0) is 24.8 Å². The number of nitriles is 1. The van der Waals surface area contributed by atoms with Gasteiger partial charge in [-0.1, -0.05) is 6.92 Å². The van der Waals surface area contributed by atoms with E-state index in [0.717, 1.165) is 29.5 Å². The zero-order valence-corrected chi connectivity index (χ0v) is 15.2. The molecule has 8 nitrogen and oxygen atoms in total. The fourth-order valence-corrected chi connectivity index (χ4v) is 4.34. The number of anilines is 1. The van der Waals surface area contributed by atoms with E-state index < -0.39 is 5.41 Å². The molecular formula is C19H19N7O. The van der Waals surface area contributed by atoms with Gasteiger partial charge in [0.2, 0.25) is 5.91 Å². The van der Waals surface area contributed by atoms with Crippen molar-refractivity contribution in [1.29, 1.82) is 5.26 Å². The fourth-order valence-electron chi connectivity index (χ4n) is 4.34. The van der Waals surface area contributed by atoms with E-state index in [4.69, 9.17) is 0 Å². The Morgan fingerprint density at radius 3 is 2.74 bits per heavy atom. The van der Waals surface area contributed by atoms with Crippen molar-refractivity contribution in [3.05, 3.63) is 31.0 Å². The summed E-state index contributed by atoms with van der Waals surface area (Å²) in [6.45, 7) is 2.50. The number of carbonyl (C=O) groups excluding carboxylic acids is 1. The molecule has 0 spiro atoms. The molecule has 27 heavy (non-hydrogen) atoms. The van der Waals surface area contributed by atoms with E-state index in [9.17, 15) is 10.1 Å². The maximum absolute atomic E-state index is 13.3. The Hall–Kier alpha value is -3.21. The highest BCUT2D eigenvalue weighted by atomic mass is 16.2. The van der Waals surface area contributed by atoms with Gasteiger partial charge in [-0.3, -0.25) is 14.4 Å². The van der Waals surface area contributed by atoms with Crippen LogP contribution in [0.15, 0.2) is 31.0 Å². The smallest absolute Gasteiger partial charge is 0.249 e. The maximum atomic E-state index is 13.3. The van der Waals surface area contributed by atoms with Crippen molar-refractivity contribution in [3.8, 4) is 17.2 Å². The lowest BCUT2D eigenvalue weighted by molar-refractivity contribution is -0.124. The Morgan fingerprint density at radius 1 is 1.26 bits per heavy atom. The van der Waals surface area contributed by atoms with Crippen molar-refractivity contribution >= 4 is 17.2 Å². The van der Waals surface area contributed by atoms with Crippen LogP contribution >= 0.6 is 0 Å². The molecule has 2 aliphatic rings. The number of nitrogens with zero attached hydrogens (tertiary/aromatic N) is 7. The quantitative estimate of drug-likeness (QED) is 0.712. The molecule has 5 rings (SSSR count). The SMILES string of the molecule is C[C@@H]1CN(c2ncnn3cc(-c4cnn(C)c4)cc23)C(=O)[C@]1(C#N)C1CC1. The molecule has 0 unspecified atom stereocenters. The standard InChI is InChI=1S/C19H19N7O/c1-12-7-25(18(27)19(12,10-20)15-3-4-15)17-16-5-13(9-26(16)23-11-21-17)14-6-22-24(2)8-14/h5-6,8-9,11-12,15H,3-4,7H2,1-2H3/t12-,19+/m1/s1. The molecule has 0 bridgehead atoms. The highest BCUT2D eigenvalue weighted by Gasteiger charge is 2.61. The van der Waals surface area contributed by atoms with E-state index in [2.05, 4.69) is 21.3 Å². The summed E-state index contributed by atoms with van der Waals surface area (Å²) in [6.07, 6.45) is 8.98. The predicted octanol–water partition coefficient (Wildman–Crippen LogP) is 2.03. The number of aryl methyl sites for hydroxylation is 1. The number of amides is 1. The summed E-state index contributed by atoms with van der Waals surface area (Å²) < 4.78 is 3.47. The fraction of sp³-hybridized carbons (Fsp3) is 0.421. The minimum Gasteiger partial charge on any atom is -0.293 e. The highest BCUT2D eigenvalue weighted by Crippen LogP contribution is 2.54.